The predicted molar refractivity (Wildman–Crippen MR) is 88.1 cm³/mol. The molecule has 3 aromatic rings. The molecule has 0 bridgehead atoms. The zero-order chi connectivity index (χ0) is 16.8. The number of halogens is 2. The summed E-state index contributed by atoms with van der Waals surface area (Å²) >= 11 is 5.82. The van der Waals surface area contributed by atoms with E-state index in [1.807, 2.05) is 20.8 Å². The van der Waals surface area contributed by atoms with E-state index in [2.05, 4.69) is 15.0 Å². The Balaban J connectivity index is 2.14. The standard InChI is InChI=1S/C17H15ClFN3O/c1-17(2,3)15(23)10-7-20-16-14(10)22-13(8-21-16)9-4-5-12(19)11(18)6-9/h4-8H,1-3H3,(H,20,21). The zero-order valence-electron chi connectivity index (χ0n) is 12.9. The van der Waals surface area contributed by atoms with Crippen LogP contribution in [0.15, 0.2) is 30.6 Å². The number of carbonyl (C=O) groups excluding carboxylic acids is 1. The van der Waals surface area contributed by atoms with Crippen LogP contribution < -0.4 is 0 Å². The summed E-state index contributed by atoms with van der Waals surface area (Å²) in [7, 11) is 0. The summed E-state index contributed by atoms with van der Waals surface area (Å²) in [6.45, 7) is 5.56. The van der Waals surface area contributed by atoms with Gasteiger partial charge in [-0.25, -0.2) is 14.4 Å². The average molecular weight is 332 g/mol. The molecule has 1 aromatic carbocycles. The monoisotopic (exact) mass is 331 g/mol. The maximum Gasteiger partial charge on any atom is 0.171 e. The largest absolute Gasteiger partial charge is 0.344 e. The third-order valence-electron chi connectivity index (χ3n) is 3.52. The Bertz CT molecular complexity index is 912. The molecule has 0 saturated carbocycles. The molecule has 0 saturated heterocycles. The summed E-state index contributed by atoms with van der Waals surface area (Å²) in [6, 6.07) is 4.35. The highest BCUT2D eigenvalue weighted by molar-refractivity contribution is 6.31. The molecule has 0 spiro atoms. The molecule has 0 radical (unpaired) electrons. The third-order valence-corrected chi connectivity index (χ3v) is 3.81. The zero-order valence-corrected chi connectivity index (χ0v) is 13.7. The molecular weight excluding hydrogens is 317 g/mol. The summed E-state index contributed by atoms with van der Waals surface area (Å²) in [5.74, 6) is -0.512. The molecule has 6 heteroatoms. The number of aromatic nitrogens is 3. The van der Waals surface area contributed by atoms with E-state index in [-0.39, 0.29) is 10.8 Å². The molecular formula is C17H15ClFN3O. The highest BCUT2D eigenvalue weighted by Gasteiger charge is 2.26. The van der Waals surface area contributed by atoms with Gasteiger partial charge in [-0.2, -0.15) is 0 Å². The maximum absolute atomic E-state index is 13.3. The van der Waals surface area contributed by atoms with Crippen LogP contribution >= 0.6 is 11.6 Å². The molecule has 0 unspecified atom stereocenters. The van der Waals surface area contributed by atoms with Crippen molar-refractivity contribution >= 4 is 28.5 Å². The highest BCUT2D eigenvalue weighted by Crippen LogP contribution is 2.28. The number of H-pyrrole nitrogens is 1. The van der Waals surface area contributed by atoms with Crippen LogP contribution in [0.5, 0.6) is 0 Å². The molecule has 0 amide bonds. The van der Waals surface area contributed by atoms with Crippen molar-refractivity contribution in [3.63, 3.8) is 0 Å². The molecule has 0 aliphatic carbocycles. The summed E-state index contributed by atoms with van der Waals surface area (Å²) in [4.78, 5) is 24.3. The van der Waals surface area contributed by atoms with E-state index in [0.29, 0.717) is 28.0 Å². The summed E-state index contributed by atoms with van der Waals surface area (Å²) in [5.41, 5.74) is 2.18. The Morgan fingerprint density at radius 2 is 2.04 bits per heavy atom. The second-order valence-electron chi connectivity index (χ2n) is 6.36. The van der Waals surface area contributed by atoms with Gasteiger partial charge in [0.1, 0.15) is 11.3 Å². The van der Waals surface area contributed by atoms with Gasteiger partial charge in [-0.05, 0) is 18.2 Å². The number of rotatable bonds is 2. The number of aromatic amines is 1. The Labute approximate surface area is 137 Å². The van der Waals surface area contributed by atoms with Crippen molar-refractivity contribution in [2.75, 3.05) is 0 Å². The number of hydrogen-bond donors (Lipinski definition) is 1. The van der Waals surface area contributed by atoms with Crippen molar-refractivity contribution in [3.8, 4) is 11.3 Å². The fourth-order valence-electron chi connectivity index (χ4n) is 2.26. The Kier molecular flexibility index (Phi) is 3.68. The Hall–Kier alpha value is -2.27. The fourth-order valence-corrected chi connectivity index (χ4v) is 2.44. The minimum absolute atomic E-state index is 0.0180. The van der Waals surface area contributed by atoms with Gasteiger partial charge < -0.3 is 4.98 Å². The van der Waals surface area contributed by atoms with Crippen LogP contribution in [0.25, 0.3) is 22.4 Å². The van der Waals surface area contributed by atoms with Crippen molar-refractivity contribution in [1.29, 1.82) is 0 Å². The smallest absolute Gasteiger partial charge is 0.171 e. The number of nitrogens with one attached hydrogen (secondary N) is 1. The van der Waals surface area contributed by atoms with Crippen molar-refractivity contribution < 1.29 is 9.18 Å². The number of Topliss-reactive ketones (excluding diaryl/α,β-unsaturated/α-hetero) is 1. The van der Waals surface area contributed by atoms with E-state index in [9.17, 15) is 9.18 Å². The van der Waals surface area contributed by atoms with E-state index >= 15 is 0 Å². The first-order valence-corrected chi connectivity index (χ1v) is 7.49. The van der Waals surface area contributed by atoms with Gasteiger partial charge in [0.15, 0.2) is 11.4 Å². The molecule has 118 valence electrons. The second-order valence-corrected chi connectivity index (χ2v) is 6.77. The first kappa shape index (κ1) is 15.6. The van der Waals surface area contributed by atoms with Crippen LogP contribution in [-0.2, 0) is 0 Å². The van der Waals surface area contributed by atoms with Crippen molar-refractivity contribution in [1.82, 2.24) is 15.0 Å². The van der Waals surface area contributed by atoms with Crippen molar-refractivity contribution in [2.45, 2.75) is 20.8 Å². The molecule has 23 heavy (non-hydrogen) atoms. The molecule has 3 rings (SSSR count). The number of benzene rings is 1. The lowest BCUT2D eigenvalue weighted by Crippen LogP contribution is -2.20. The van der Waals surface area contributed by atoms with Crippen LogP contribution in [0.1, 0.15) is 31.1 Å². The molecule has 1 N–H and O–H groups in total. The van der Waals surface area contributed by atoms with Crippen molar-refractivity contribution in [2.24, 2.45) is 5.41 Å². The van der Waals surface area contributed by atoms with Gasteiger partial charge in [0.25, 0.3) is 0 Å². The number of nitrogens with zero attached hydrogens (tertiary/aromatic N) is 2. The Morgan fingerprint density at radius 3 is 2.70 bits per heavy atom. The minimum atomic E-state index is -0.522. The number of carbonyl (C=O) groups is 1. The Morgan fingerprint density at radius 1 is 1.30 bits per heavy atom. The van der Waals surface area contributed by atoms with Crippen LogP contribution in [0.2, 0.25) is 5.02 Å². The van der Waals surface area contributed by atoms with E-state index in [4.69, 9.17) is 11.6 Å². The molecule has 0 aliphatic heterocycles. The van der Waals surface area contributed by atoms with Gasteiger partial charge in [-0.3, -0.25) is 4.79 Å². The summed E-state index contributed by atoms with van der Waals surface area (Å²) in [6.07, 6.45) is 3.19. The second kappa shape index (κ2) is 5.42. The van der Waals surface area contributed by atoms with E-state index in [1.54, 1.807) is 18.5 Å². The van der Waals surface area contributed by atoms with Gasteiger partial charge in [0.2, 0.25) is 0 Å². The lowest BCUT2D eigenvalue weighted by molar-refractivity contribution is 0.0860. The summed E-state index contributed by atoms with van der Waals surface area (Å²) < 4.78 is 13.3. The lowest BCUT2D eigenvalue weighted by atomic mass is 9.87. The first-order valence-electron chi connectivity index (χ1n) is 7.12. The fraction of sp³-hybridized carbons (Fsp3) is 0.235. The minimum Gasteiger partial charge on any atom is -0.344 e. The van der Waals surface area contributed by atoms with Gasteiger partial charge in [0.05, 0.1) is 22.5 Å². The summed E-state index contributed by atoms with van der Waals surface area (Å²) in [5, 5.41) is 0.0180. The number of fused-ring (bicyclic) bond motifs is 1. The molecule has 2 heterocycles. The molecule has 0 fully saturated rings. The number of ketones is 1. The van der Waals surface area contributed by atoms with E-state index in [1.165, 1.54) is 12.1 Å². The van der Waals surface area contributed by atoms with E-state index in [0.717, 1.165) is 0 Å². The van der Waals surface area contributed by atoms with Crippen LogP contribution in [-0.4, -0.2) is 20.7 Å². The molecule has 0 atom stereocenters. The molecule has 4 nitrogen and oxygen atoms in total. The van der Waals surface area contributed by atoms with Crippen LogP contribution in [0.3, 0.4) is 0 Å². The normalized spacial score (nSPS) is 11.9. The SMILES string of the molecule is CC(C)(C)C(=O)c1c[nH]c2ncc(-c3ccc(F)c(Cl)c3)nc12. The highest BCUT2D eigenvalue weighted by atomic mass is 35.5. The first-order chi connectivity index (χ1) is 10.8. The van der Waals surface area contributed by atoms with Gasteiger partial charge >= 0.3 is 0 Å². The van der Waals surface area contributed by atoms with Gasteiger partial charge in [-0.1, -0.05) is 32.4 Å². The predicted octanol–water partition coefficient (Wildman–Crippen LogP) is 4.65. The third kappa shape index (κ3) is 2.84. The lowest BCUT2D eigenvalue weighted by Gasteiger charge is -2.15. The van der Waals surface area contributed by atoms with Gasteiger partial charge in [0, 0.05) is 17.2 Å². The molecule has 2 aromatic heterocycles. The van der Waals surface area contributed by atoms with Crippen molar-refractivity contribution in [3.05, 3.63) is 47.0 Å². The molecule has 0 aliphatic rings. The van der Waals surface area contributed by atoms with Crippen LogP contribution in [0, 0.1) is 11.2 Å². The van der Waals surface area contributed by atoms with E-state index < -0.39 is 11.2 Å². The van der Waals surface area contributed by atoms with Crippen LogP contribution in [0.4, 0.5) is 4.39 Å². The quantitative estimate of drug-likeness (QED) is 0.695. The topological polar surface area (TPSA) is 58.6 Å². The number of hydrogen-bond acceptors (Lipinski definition) is 3. The maximum atomic E-state index is 13.3. The average Bonchev–Trinajstić information content (AvgIpc) is 2.91. The van der Waals surface area contributed by atoms with Gasteiger partial charge in [-0.15, -0.1) is 0 Å².